The Morgan fingerprint density at radius 1 is 1.25 bits per heavy atom. The SMILES string of the molecule is O=C(Cc1cccnc1)Nc1cccnc1N1CCC(CO)CC1. The molecule has 24 heavy (non-hydrogen) atoms. The number of rotatable bonds is 5. The van der Waals surface area contributed by atoms with E-state index in [1.54, 1.807) is 18.6 Å². The highest BCUT2D eigenvalue weighted by molar-refractivity contribution is 5.94. The molecular formula is C18H22N4O2. The van der Waals surface area contributed by atoms with Crippen molar-refractivity contribution in [3.05, 3.63) is 48.4 Å². The first kappa shape index (κ1) is 16.4. The van der Waals surface area contributed by atoms with E-state index in [4.69, 9.17) is 0 Å². The molecule has 2 aromatic heterocycles. The van der Waals surface area contributed by atoms with Crippen LogP contribution in [0.5, 0.6) is 0 Å². The van der Waals surface area contributed by atoms with Crippen molar-refractivity contribution in [3.63, 3.8) is 0 Å². The molecule has 3 heterocycles. The normalized spacial score (nSPS) is 15.3. The first-order valence-electron chi connectivity index (χ1n) is 8.26. The molecular weight excluding hydrogens is 304 g/mol. The van der Waals surface area contributed by atoms with Crippen molar-refractivity contribution in [3.8, 4) is 0 Å². The van der Waals surface area contributed by atoms with E-state index >= 15 is 0 Å². The minimum absolute atomic E-state index is 0.0810. The minimum atomic E-state index is -0.0810. The Balaban J connectivity index is 1.67. The van der Waals surface area contributed by atoms with Crippen molar-refractivity contribution >= 4 is 17.4 Å². The number of hydrogen-bond acceptors (Lipinski definition) is 5. The van der Waals surface area contributed by atoms with Gasteiger partial charge in [-0.3, -0.25) is 9.78 Å². The monoisotopic (exact) mass is 326 g/mol. The number of aliphatic hydroxyl groups excluding tert-OH is 1. The minimum Gasteiger partial charge on any atom is -0.396 e. The first-order chi connectivity index (χ1) is 11.8. The van der Waals surface area contributed by atoms with Gasteiger partial charge in [-0.15, -0.1) is 0 Å². The molecule has 0 saturated carbocycles. The van der Waals surface area contributed by atoms with Crippen LogP contribution in [0.3, 0.4) is 0 Å². The molecule has 0 atom stereocenters. The average Bonchev–Trinajstić information content (AvgIpc) is 2.63. The lowest BCUT2D eigenvalue weighted by molar-refractivity contribution is -0.115. The molecule has 1 aliphatic heterocycles. The van der Waals surface area contributed by atoms with E-state index in [9.17, 15) is 9.90 Å². The van der Waals surface area contributed by atoms with Crippen LogP contribution in [0.15, 0.2) is 42.9 Å². The lowest BCUT2D eigenvalue weighted by atomic mass is 9.98. The van der Waals surface area contributed by atoms with Crippen LogP contribution in [0.2, 0.25) is 0 Å². The second-order valence-corrected chi connectivity index (χ2v) is 6.07. The summed E-state index contributed by atoms with van der Waals surface area (Å²) >= 11 is 0. The molecule has 1 amide bonds. The fraction of sp³-hybridized carbons (Fsp3) is 0.389. The summed E-state index contributed by atoms with van der Waals surface area (Å²) in [6, 6.07) is 7.41. The summed E-state index contributed by atoms with van der Waals surface area (Å²) < 4.78 is 0. The maximum atomic E-state index is 12.3. The third kappa shape index (κ3) is 4.08. The zero-order chi connectivity index (χ0) is 16.8. The van der Waals surface area contributed by atoms with Gasteiger partial charge in [0.2, 0.25) is 5.91 Å². The molecule has 1 aliphatic rings. The number of aromatic nitrogens is 2. The van der Waals surface area contributed by atoms with Crippen molar-refractivity contribution in [2.75, 3.05) is 29.9 Å². The Labute approximate surface area is 141 Å². The molecule has 6 nitrogen and oxygen atoms in total. The van der Waals surface area contributed by atoms with E-state index in [0.29, 0.717) is 5.92 Å². The summed E-state index contributed by atoms with van der Waals surface area (Å²) in [5.74, 6) is 1.09. The lowest BCUT2D eigenvalue weighted by Gasteiger charge is -2.33. The fourth-order valence-corrected chi connectivity index (χ4v) is 2.96. The van der Waals surface area contributed by atoms with Gasteiger partial charge in [-0.2, -0.15) is 0 Å². The van der Waals surface area contributed by atoms with Crippen LogP contribution in [-0.2, 0) is 11.2 Å². The van der Waals surface area contributed by atoms with E-state index in [1.165, 1.54) is 0 Å². The number of anilines is 2. The smallest absolute Gasteiger partial charge is 0.228 e. The molecule has 2 aromatic rings. The summed E-state index contributed by atoms with van der Waals surface area (Å²) in [6.07, 6.45) is 7.30. The van der Waals surface area contributed by atoms with Gasteiger partial charge in [0, 0.05) is 38.3 Å². The number of nitrogens with one attached hydrogen (secondary N) is 1. The number of pyridine rings is 2. The average molecular weight is 326 g/mol. The second-order valence-electron chi connectivity index (χ2n) is 6.07. The maximum absolute atomic E-state index is 12.3. The molecule has 3 rings (SSSR count). The third-order valence-electron chi connectivity index (χ3n) is 4.32. The molecule has 0 unspecified atom stereocenters. The van der Waals surface area contributed by atoms with Crippen molar-refractivity contribution in [1.82, 2.24) is 9.97 Å². The highest BCUT2D eigenvalue weighted by Gasteiger charge is 2.21. The van der Waals surface area contributed by atoms with Gasteiger partial charge in [-0.1, -0.05) is 6.07 Å². The van der Waals surface area contributed by atoms with E-state index in [-0.39, 0.29) is 18.9 Å². The van der Waals surface area contributed by atoms with Crippen LogP contribution >= 0.6 is 0 Å². The van der Waals surface area contributed by atoms with Crippen molar-refractivity contribution in [1.29, 1.82) is 0 Å². The van der Waals surface area contributed by atoms with E-state index in [2.05, 4.69) is 20.2 Å². The van der Waals surface area contributed by atoms with Crippen LogP contribution in [0, 0.1) is 5.92 Å². The topological polar surface area (TPSA) is 78.4 Å². The summed E-state index contributed by atoms with van der Waals surface area (Å²) in [4.78, 5) is 22.9. The van der Waals surface area contributed by atoms with Crippen LogP contribution in [-0.4, -0.2) is 40.7 Å². The molecule has 0 spiro atoms. The number of carbonyl (C=O) groups is 1. The molecule has 1 fully saturated rings. The van der Waals surface area contributed by atoms with Crippen LogP contribution < -0.4 is 10.2 Å². The first-order valence-corrected chi connectivity index (χ1v) is 8.26. The Morgan fingerprint density at radius 3 is 2.75 bits per heavy atom. The quantitative estimate of drug-likeness (QED) is 0.877. The molecule has 6 heteroatoms. The van der Waals surface area contributed by atoms with Gasteiger partial charge in [-0.25, -0.2) is 4.98 Å². The van der Waals surface area contributed by atoms with Crippen molar-refractivity contribution in [2.24, 2.45) is 5.92 Å². The van der Waals surface area contributed by atoms with Crippen molar-refractivity contribution < 1.29 is 9.90 Å². The molecule has 0 bridgehead atoms. The van der Waals surface area contributed by atoms with E-state index in [0.717, 1.165) is 43.0 Å². The third-order valence-corrected chi connectivity index (χ3v) is 4.32. The Bertz CT molecular complexity index is 670. The lowest BCUT2D eigenvalue weighted by Crippen LogP contribution is -2.36. The van der Waals surface area contributed by atoms with Gasteiger partial charge in [0.25, 0.3) is 0 Å². The van der Waals surface area contributed by atoms with Crippen LogP contribution in [0.1, 0.15) is 18.4 Å². The molecule has 126 valence electrons. The van der Waals surface area contributed by atoms with Gasteiger partial charge in [-0.05, 0) is 42.5 Å². The summed E-state index contributed by atoms with van der Waals surface area (Å²) in [7, 11) is 0. The number of nitrogens with zero attached hydrogens (tertiary/aromatic N) is 3. The number of aliphatic hydroxyl groups is 1. The summed E-state index contributed by atoms with van der Waals surface area (Å²) in [6.45, 7) is 1.92. The largest absolute Gasteiger partial charge is 0.396 e. The maximum Gasteiger partial charge on any atom is 0.228 e. The van der Waals surface area contributed by atoms with Gasteiger partial charge < -0.3 is 15.3 Å². The highest BCUT2D eigenvalue weighted by atomic mass is 16.3. The summed E-state index contributed by atoms with van der Waals surface area (Å²) in [5.41, 5.74) is 1.61. The number of carbonyl (C=O) groups excluding carboxylic acids is 1. The standard InChI is InChI=1S/C18H22N4O2/c23-13-14-5-9-22(10-6-14)18-16(4-2-8-20-18)21-17(24)11-15-3-1-7-19-12-15/h1-4,7-8,12,14,23H,5-6,9-11,13H2,(H,21,24). The second kappa shape index (κ2) is 7.88. The number of hydrogen-bond donors (Lipinski definition) is 2. The van der Waals surface area contributed by atoms with E-state index in [1.807, 2.05) is 24.3 Å². The van der Waals surface area contributed by atoms with Gasteiger partial charge >= 0.3 is 0 Å². The van der Waals surface area contributed by atoms with Gasteiger partial charge in [0.05, 0.1) is 12.1 Å². The van der Waals surface area contributed by atoms with Crippen molar-refractivity contribution in [2.45, 2.75) is 19.3 Å². The predicted octanol–water partition coefficient (Wildman–Crippen LogP) is 1.87. The zero-order valence-corrected chi connectivity index (χ0v) is 13.6. The number of amides is 1. The Morgan fingerprint density at radius 2 is 2.04 bits per heavy atom. The molecule has 1 saturated heterocycles. The highest BCUT2D eigenvalue weighted by Crippen LogP contribution is 2.27. The van der Waals surface area contributed by atoms with Crippen LogP contribution in [0.25, 0.3) is 0 Å². The van der Waals surface area contributed by atoms with Gasteiger partial charge in [0.1, 0.15) is 0 Å². The molecule has 0 aromatic carbocycles. The fourth-order valence-electron chi connectivity index (χ4n) is 2.96. The predicted molar refractivity (Wildman–Crippen MR) is 92.8 cm³/mol. The Hall–Kier alpha value is -2.47. The molecule has 0 aliphatic carbocycles. The number of piperidine rings is 1. The Kier molecular flexibility index (Phi) is 5.38. The van der Waals surface area contributed by atoms with Gasteiger partial charge in [0.15, 0.2) is 5.82 Å². The van der Waals surface area contributed by atoms with E-state index < -0.39 is 0 Å². The molecule has 2 N–H and O–H groups in total. The summed E-state index contributed by atoms with van der Waals surface area (Å²) in [5, 5.41) is 12.2. The molecule has 0 radical (unpaired) electrons. The van der Waals surface area contributed by atoms with Crippen LogP contribution in [0.4, 0.5) is 11.5 Å². The zero-order valence-electron chi connectivity index (χ0n) is 13.6.